The molecule has 7 heteroatoms. The van der Waals surface area contributed by atoms with Crippen LogP contribution >= 0.6 is 11.3 Å². The summed E-state index contributed by atoms with van der Waals surface area (Å²) in [6, 6.07) is 15.5. The van der Waals surface area contributed by atoms with E-state index in [-0.39, 0.29) is 0 Å². The van der Waals surface area contributed by atoms with E-state index < -0.39 is 9.84 Å². The summed E-state index contributed by atoms with van der Waals surface area (Å²) in [7, 11) is -3.24. The Kier molecular flexibility index (Phi) is 6.32. The average molecular weight is 492 g/mol. The number of sulfone groups is 1. The first-order valence-electron chi connectivity index (χ1n) is 11.7. The predicted molar refractivity (Wildman–Crippen MR) is 141 cm³/mol. The SMILES string of the molecule is Cc1cccc(-c2nc(-c3ccc(S(C)(=O)=O)cc3)sc2N2CC=CC=C2N2CCCCC2)c1. The van der Waals surface area contributed by atoms with Crippen molar-refractivity contribution >= 4 is 26.2 Å². The summed E-state index contributed by atoms with van der Waals surface area (Å²) in [5.41, 5.74) is 4.18. The first kappa shape index (κ1) is 22.9. The first-order valence-corrected chi connectivity index (χ1v) is 14.4. The van der Waals surface area contributed by atoms with Gasteiger partial charge in [0.2, 0.25) is 0 Å². The summed E-state index contributed by atoms with van der Waals surface area (Å²) in [5.74, 6) is 1.23. The van der Waals surface area contributed by atoms with Crippen LogP contribution in [0.3, 0.4) is 0 Å². The Morgan fingerprint density at radius 3 is 2.44 bits per heavy atom. The van der Waals surface area contributed by atoms with Crippen molar-refractivity contribution < 1.29 is 8.42 Å². The van der Waals surface area contributed by atoms with E-state index >= 15 is 0 Å². The maximum Gasteiger partial charge on any atom is 0.175 e. The van der Waals surface area contributed by atoms with Gasteiger partial charge >= 0.3 is 0 Å². The van der Waals surface area contributed by atoms with Crippen LogP contribution in [0, 0.1) is 6.92 Å². The van der Waals surface area contributed by atoms with Crippen molar-refractivity contribution in [2.24, 2.45) is 0 Å². The molecule has 0 unspecified atom stereocenters. The predicted octanol–water partition coefficient (Wildman–Crippen LogP) is 5.89. The number of hydrogen-bond acceptors (Lipinski definition) is 6. The van der Waals surface area contributed by atoms with Gasteiger partial charge in [-0.1, -0.05) is 59.4 Å². The largest absolute Gasteiger partial charge is 0.358 e. The van der Waals surface area contributed by atoms with Gasteiger partial charge < -0.3 is 9.80 Å². The maximum atomic E-state index is 11.9. The summed E-state index contributed by atoms with van der Waals surface area (Å²) in [6.07, 6.45) is 11.5. The van der Waals surface area contributed by atoms with Crippen LogP contribution in [-0.2, 0) is 9.84 Å². The third-order valence-corrected chi connectivity index (χ3v) is 8.56. The van der Waals surface area contributed by atoms with Crippen LogP contribution < -0.4 is 4.90 Å². The monoisotopic (exact) mass is 491 g/mol. The minimum absolute atomic E-state index is 0.323. The second-order valence-electron chi connectivity index (χ2n) is 8.95. The number of hydrogen-bond donors (Lipinski definition) is 0. The lowest BCUT2D eigenvalue weighted by Crippen LogP contribution is -2.39. The Morgan fingerprint density at radius 1 is 0.971 bits per heavy atom. The fourth-order valence-electron chi connectivity index (χ4n) is 4.53. The van der Waals surface area contributed by atoms with E-state index in [2.05, 4.69) is 59.2 Å². The Hall–Kier alpha value is -2.90. The fraction of sp³-hybridized carbons (Fsp3) is 0.296. The lowest BCUT2D eigenvalue weighted by Gasteiger charge is -2.38. The first-order chi connectivity index (χ1) is 16.4. The van der Waals surface area contributed by atoms with Crippen molar-refractivity contribution in [3.8, 4) is 21.8 Å². The van der Waals surface area contributed by atoms with E-state index in [4.69, 9.17) is 4.98 Å². The molecule has 3 aromatic rings. The normalized spacial score (nSPS) is 16.6. The average Bonchev–Trinajstić information content (AvgIpc) is 3.30. The van der Waals surface area contributed by atoms with E-state index in [9.17, 15) is 8.42 Å². The number of likely N-dealkylation sites (tertiary alicyclic amines) is 1. The zero-order chi connectivity index (χ0) is 23.7. The second-order valence-corrected chi connectivity index (χ2v) is 11.9. The standard InChI is InChI=1S/C27H29N3O2S2/c1-20-9-8-10-22(19-20)25-27(30-18-7-4-11-24(30)29-16-5-3-6-17-29)33-26(28-25)21-12-14-23(15-13-21)34(2,31)32/h4,7-15,19H,3,5-6,16-18H2,1-2H3. The van der Waals surface area contributed by atoms with Gasteiger partial charge in [0.25, 0.3) is 0 Å². The molecule has 5 rings (SSSR count). The zero-order valence-corrected chi connectivity index (χ0v) is 21.2. The Morgan fingerprint density at radius 2 is 1.74 bits per heavy atom. The third-order valence-electron chi connectivity index (χ3n) is 6.30. The number of piperidine rings is 1. The number of aryl methyl sites for hydroxylation is 1. The molecule has 0 spiro atoms. The number of allylic oxidation sites excluding steroid dienone is 2. The molecule has 0 N–H and O–H groups in total. The van der Waals surface area contributed by atoms with Gasteiger partial charge in [-0.25, -0.2) is 13.4 Å². The van der Waals surface area contributed by atoms with E-state index in [0.29, 0.717) is 4.90 Å². The molecule has 3 heterocycles. The minimum Gasteiger partial charge on any atom is -0.358 e. The smallest absolute Gasteiger partial charge is 0.175 e. The van der Waals surface area contributed by atoms with Gasteiger partial charge in [0.05, 0.1) is 4.90 Å². The van der Waals surface area contributed by atoms with Crippen LogP contribution in [0.5, 0.6) is 0 Å². The molecule has 2 aromatic carbocycles. The number of aromatic nitrogens is 1. The van der Waals surface area contributed by atoms with E-state index in [0.717, 1.165) is 46.5 Å². The van der Waals surface area contributed by atoms with Crippen molar-refractivity contribution in [1.29, 1.82) is 0 Å². The van der Waals surface area contributed by atoms with Crippen molar-refractivity contribution in [3.05, 3.63) is 78.1 Å². The highest BCUT2D eigenvalue weighted by Gasteiger charge is 2.26. The molecular formula is C27H29N3O2S2. The molecular weight excluding hydrogens is 462 g/mol. The van der Waals surface area contributed by atoms with Gasteiger partial charge in [0.1, 0.15) is 21.5 Å². The topological polar surface area (TPSA) is 53.5 Å². The Bertz CT molecular complexity index is 1350. The van der Waals surface area contributed by atoms with Crippen LogP contribution in [-0.4, -0.2) is 44.2 Å². The number of benzene rings is 2. The second kappa shape index (κ2) is 9.39. The fourth-order valence-corrected chi connectivity index (χ4v) is 6.28. The molecule has 1 aromatic heterocycles. The van der Waals surface area contributed by atoms with E-state index in [1.807, 2.05) is 12.1 Å². The highest BCUT2D eigenvalue weighted by molar-refractivity contribution is 7.90. The van der Waals surface area contributed by atoms with Crippen molar-refractivity contribution in [2.75, 3.05) is 30.8 Å². The summed E-state index contributed by atoms with van der Waals surface area (Å²) >= 11 is 1.66. The molecule has 176 valence electrons. The summed E-state index contributed by atoms with van der Waals surface area (Å²) < 4.78 is 23.8. The lowest BCUT2D eigenvalue weighted by atomic mass is 10.1. The van der Waals surface area contributed by atoms with Crippen LogP contribution in [0.25, 0.3) is 21.8 Å². The van der Waals surface area contributed by atoms with Gasteiger partial charge in [-0.3, -0.25) is 0 Å². The molecule has 0 saturated carbocycles. The van der Waals surface area contributed by atoms with Gasteiger partial charge in [-0.05, 0) is 50.5 Å². The Labute approximate surface area is 206 Å². The molecule has 2 aliphatic rings. The molecule has 1 fully saturated rings. The number of rotatable bonds is 5. The summed E-state index contributed by atoms with van der Waals surface area (Å²) in [6.45, 7) is 5.06. The molecule has 0 atom stereocenters. The summed E-state index contributed by atoms with van der Waals surface area (Å²) in [5, 5.41) is 2.01. The zero-order valence-electron chi connectivity index (χ0n) is 19.6. The van der Waals surface area contributed by atoms with Crippen LogP contribution in [0.2, 0.25) is 0 Å². The molecule has 34 heavy (non-hydrogen) atoms. The summed E-state index contributed by atoms with van der Waals surface area (Å²) in [4.78, 5) is 10.3. The van der Waals surface area contributed by atoms with Crippen molar-refractivity contribution in [1.82, 2.24) is 9.88 Å². The number of thiazole rings is 1. The van der Waals surface area contributed by atoms with Crippen molar-refractivity contribution in [2.45, 2.75) is 31.1 Å². The number of anilines is 1. The van der Waals surface area contributed by atoms with Crippen LogP contribution in [0.1, 0.15) is 24.8 Å². The Balaban J connectivity index is 1.60. The van der Waals surface area contributed by atoms with Crippen LogP contribution in [0.15, 0.2) is 77.5 Å². The molecule has 5 nitrogen and oxygen atoms in total. The minimum atomic E-state index is -3.24. The quantitative estimate of drug-likeness (QED) is 0.445. The highest BCUT2D eigenvalue weighted by Crippen LogP contribution is 2.43. The lowest BCUT2D eigenvalue weighted by molar-refractivity contribution is 0.278. The van der Waals surface area contributed by atoms with Crippen molar-refractivity contribution in [3.63, 3.8) is 0 Å². The molecule has 0 aliphatic carbocycles. The van der Waals surface area contributed by atoms with Crippen LogP contribution in [0.4, 0.5) is 5.00 Å². The van der Waals surface area contributed by atoms with E-state index in [1.54, 1.807) is 23.5 Å². The molecule has 0 radical (unpaired) electrons. The highest BCUT2D eigenvalue weighted by atomic mass is 32.2. The maximum absolute atomic E-state index is 11.9. The van der Waals surface area contributed by atoms with Gasteiger partial charge in [0, 0.05) is 37.0 Å². The molecule has 0 amide bonds. The third kappa shape index (κ3) is 4.68. The number of nitrogens with zero attached hydrogens (tertiary/aromatic N) is 3. The van der Waals surface area contributed by atoms with Gasteiger partial charge in [0.15, 0.2) is 9.84 Å². The molecule has 1 saturated heterocycles. The van der Waals surface area contributed by atoms with Gasteiger partial charge in [-0.2, -0.15) is 0 Å². The van der Waals surface area contributed by atoms with E-state index in [1.165, 1.54) is 36.9 Å². The molecule has 2 aliphatic heterocycles. The molecule has 0 bridgehead atoms. The van der Waals surface area contributed by atoms with Gasteiger partial charge in [-0.15, -0.1) is 0 Å².